The van der Waals surface area contributed by atoms with Crippen molar-refractivity contribution in [3.8, 4) is 0 Å². The van der Waals surface area contributed by atoms with E-state index in [1.54, 1.807) is 48.2 Å². The summed E-state index contributed by atoms with van der Waals surface area (Å²) in [6, 6.07) is 13.2. The van der Waals surface area contributed by atoms with E-state index in [0.29, 0.717) is 30.5 Å². The zero-order valence-corrected chi connectivity index (χ0v) is 22.7. The Hall–Kier alpha value is -2.42. The molecule has 0 radical (unpaired) electrons. The Balaban J connectivity index is 1.65. The van der Waals surface area contributed by atoms with Crippen molar-refractivity contribution in [3.05, 3.63) is 64.7 Å². The lowest BCUT2D eigenvalue weighted by Gasteiger charge is -2.29. The predicted molar refractivity (Wildman–Crippen MR) is 142 cm³/mol. The molecule has 1 atom stereocenters. The highest BCUT2D eigenvalue weighted by Crippen LogP contribution is 2.22. The lowest BCUT2D eigenvalue weighted by molar-refractivity contribution is -0.140. The Morgan fingerprint density at radius 1 is 1.00 bits per heavy atom. The summed E-state index contributed by atoms with van der Waals surface area (Å²) in [6.07, 6.45) is 3.25. The molecule has 0 aliphatic heterocycles. The van der Waals surface area contributed by atoms with Gasteiger partial charge in [0.2, 0.25) is 21.8 Å². The molecule has 3 rings (SSSR count). The van der Waals surface area contributed by atoms with Crippen LogP contribution in [0.25, 0.3) is 0 Å². The molecule has 0 saturated heterocycles. The molecule has 1 aliphatic rings. The molecule has 0 heterocycles. The van der Waals surface area contributed by atoms with Crippen LogP contribution < -0.4 is 10.0 Å². The number of hydrogen-bond acceptors (Lipinski definition) is 4. The molecule has 0 bridgehead atoms. The standard InChI is InChI=1S/C27H36ClN3O4S/c1-19(2)16-17-29-27(33)20(3)31(18-22-4-9-23(28)10-5-22)26(32)15-8-21-6-13-25(14-7-21)36(34,35)30-24-11-12-24/h4-7,9-10,13-14,19-20,24,30H,8,11-12,15-18H2,1-3H3,(H,29,33). The number of carbonyl (C=O) groups excluding carboxylic acids is 2. The van der Waals surface area contributed by atoms with E-state index >= 15 is 0 Å². The first-order valence-electron chi connectivity index (χ1n) is 12.5. The minimum Gasteiger partial charge on any atom is -0.354 e. The maximum absolute atomic E-state index is 13.3. The fourth-order valence-electron chi connectivity index (χ4n) is 3.72. The molecule has 1 saturated carbocycles. The van der Waals surface area contributed by atoms with Crippen molar-refractivity contribution in [3.63, 3.8) is 0 Å². The second-order valence-corrected chi connectivity index (χ2v) is 12.0. The minimum atomic E-state index is -3.51. The largest absolute Gasteiger partial charge is 0.354 e. The van der Waals surface area contributed by atoms with E-state index in [-0.39, 0.29) is 29.2 Å². The number of benzene rings is 2. The van der Waals surface area contributed by atoms with Crippen molar-refractivity contribution in [2.24, 2.45) is 5.92 Å². The molecule has 2 aromatic carbocycles. The monoisotopic (exact) mass is 533 g/mol. The lowest BCUT2D eigenvalue weighted by atomic mass is 10.1. The highest BCUT2D eigenvalue weighted by atomic mass is 35.5. The minimum absolute atomic E-state index is 0.0449. The van der Waals surface area contributed by atoms with E-state index in [0.717, 1.165) is 30.4 Å². The van der Waals surface area contributed by atoms with E-state index in [4.69, 9.17) is 11.6 Å². The third-order valence-electron chi connectivity index (χ3n) is 6.21. The molecule has 1 aliphatic carbocycles. The molecule has 0 spiro atoms. The van der Waals surface area contributed by atoms with Gasteiger partial charge in [0, 0.05) is 30.6 Å². The summed E-state index contributed by atoms with van der Waals surface area (Å²) in [7, 11) is -3.51. The SMILES string of the molecule is CC(C)CCNC(=O)C(C)N(Cc1ccc(Cl)cc1)C(=O)CCc1ccc(S(=O)(=O)NC2CC2)cc1. The van der Waals surface area contributed by atoms with Crippen LogP contribution in [-0.4, -0.2) is 43.8 Å². The molecule has 2 N–H and O–H groups in total. The van der Waals surface area contributed by atoms with Crippen molar-refractivity contribution in [2.75, 3.05) is 6.54 Å². The van der Waals surface area contributed by atoms with Gasteiger partial charge in [0.25, 0.3) is 0 Å². The highest BCUT2D eigenvalue weighted by Gasteiger charge is 2.28. The van der Waals surface area contributed by atoms with Crippen molar-refractivity contribution >= 4 is 33.4 Å². The predicted octanol–water partition coefficient (Wildman–Crippen LogP) is 4.29. The van der Waals surface area contributed by atoms with Crippen molar-refractivity contribution in [2.45, 2.75) is 76.4 Å². The fourth-order valence-corrected chi connectivity index (χ4v) is 5.15. The van der Waals surface area contributed by atoms with Crippen LogP contribution in [0.5, 0.6) is 0 Å². The fraction of sp³-hybridized carbons (Fsp3) is 0.481. The van der Waals surface area contributed by atoms with Crippen LogP contribution in [0.15, 0.2) is 53.4 Å². The van der Waals surface area contributed by atoms with Crippen molar-refractivity contribution in [1.82, 2.24) is 14.9 Å². The van der Waals surface area contributed by atoms with E-state index in [9.17, 15) is 18.0 Å². The van der Waals surface area contributed by atoms with Gasteiger partial charge in [-0.05, 0) is 73.9 Å². The molecule has 2 amide bonds. The Labute approximate surface area is 219 Å². The van der Waals surface area contributed by atoms with Crippen molar-refractivity contribution in [1.29, 1.82) is 0 Å². The number of hydrogen-bond donors (Lipinski definition) is 2. The van der Waals surface area contributed by atoms with E-state index in [1.807, 2.05) is 12.1 Å². The van der Waals surface area contributed by atoms with Gasteiger partial charge in [-0.3, -0.25) is 9.59 Å². The zero-order chi connectivity index (χ0) is 26.3. The number of nitrogens with zero attached hydrogens (tertiary/aromatic N) is 1. The normalized spacial score (nSPS) is 14.5. The summed E-state index contributed by atoms with van der Waals surface area (Å²) in [4.78, 5) is 27.9. The smallest absolute Gasteiger partial charge is 0.242 e. The summed E-state index contributed by atoms with van der Waals surface area (Å²) in [6.45, 7) is 6.79. The van der Waals surface area contributed by atoms with Gasteiger partial charge in [-0.1, -0.05) is 49.7 Å². The first-order chi connectivity index (χ1) is 17.0. The summed E-state index contributed by atoms with van der Waals surface area (Å²) >= 11 is 6.00. The lowest BCUT2D eigenvalue weighted by Crippen LogP contribution is -2.48. The van der Waals surface area contributed by atoms with E-state index in [2.05, 4.69) is 23.9 Å². The maximum atomic E-state index is 13.3. The summed E-state index contributed by atoms with van der Waals surface area (Å²) in [5.41, 5.74) is 1.74. The molecular weight excluding hydrogens is 498 g/mol. The first-order valence-corrected chi connectivity index (χ1v) is 14.3. The Morgan fingerprint density at radius 3 is 2.19 bits per heavy atom. The zero-order valence-electron chi connectivity index (χ0n) is 21.2. The van der Waals surface area contributed by atoms with Crippen molar-refractivity contribution < 1.29 is 18.0 Å². The molecule has 0 aromatic heterocycles. The van der Waals surface area contributed by atoms with Gasteiger partial charge in [-0.25, -0.2) is 13.1 Å². The average molecular weight is 534 g/mol. The number of amides is 2. The van der Waals surface area contributed by atoms with Gasteiger partial charge < -0.3 is 10.2 Å². The van der Waals surface area contributed by atoms with Crippen LogP contribution in [0.1, 0.15) is 57.6 Å². The van der Waals surface area contributed by atoms with Crippen LogP contribution in [0.2, 0.25) is 5.02 Å². The van der Waals surface area contributed by atoms with Crippen LogP contribution >= 0.6 is 11.6 Å². The number of aryl methyl sites for hydroxylation is 1. The third-order valence-corrected chi connectivity index (χ3v) is 8.00. The molecule has 1 unspecified atom stereocenters. The number of sulfonamides is 1. The van der Waals surface area contributed by atoms with Gasteiger partial charge in [-0.15, -0.1) is 0 Å². The highest BCUT2D eigenvalue weighted by molar-refractivity contribution is 7.89. The molecule has 1 fully saturated rings. The van der Waals surface area contributed by atoms with Gasteiger partial charge in [0.1, 0.15) is 6.04 Å². The number of nitrogens with one attached hydrogen (secondary N) is 2. The number of halogens is 1. The summed E-state index contributed by atoms with van der Waals surface area (Å²) in [5.74, 6) is 0.137. The molecule has 9 heteroatoms. The maximum Gasteiger partial charge on any atom is 0.242 e. The van der Waals surface area contributed by atoms with Crippen LogP contribution in [0.3, 0.4) is 0 Å². The van der Waals surface area contributed by atoms with Gasteiger partial charge >= 0.3 is 0 Å². The van der Waals surface area contributed by atoms with Gasteiger partial charge in [0.05, 0.1) is 4.90 Å². The number of carbonyl (C=O) groups is 2. The molecule has 7 nitrogen and oxygen atoms in total. The van der Waals surface area contributed by atoms with E-state index < -0.39 is 16.1 Å². The molecule has 36 heavy (non-hydrogen) atoms. The summed E-state index contributed by atoms with van der Waals surface area (Å²) < 4.78 is 27.4. The summed E-state index contributed by atoms with van der Waals surface area (Å²) in [5, 5.41) is 3.54. The van der Waals surface area contributed by atoms with Crippen LogP contribution in [-0.2, 0) is 32.6 Å². The molecule has 196 valence electrons. The topological polar surface area (TPSA) is 95.6 Å². The first kappa shape index (κ1) is 28.2. The number of rotatable bonds is 13. The van der Waals surface area contributed by atoms with Gasteiger partial charge in [0.15, 0.2) is 0 Å². The van der Waals surface area contributed by atoms with Gasteiger partial charge in [-0.2, -0.15) is 0 Å². The Kier molecular flexibility index (Phi) is 9.93. The Bertz CT molecular complexity index is 1130. The van der Waals surface area contributed by atoms with Crippen LogP contribution in [0, 0.1) is 5.92 Å². The third kappa shape index (κ3) is 8.61. The second-order valence-electron chi connectivity index (χ2n) is 9.84. The quantitative estimate of drug-likeness (QED) is 0.401. The van der Waals surface area contributed by atoms with Crippen LogP contribution in [0.4, 0.5) is 0 Å². The second kappa shape index (κ2) is 12.7. The molecular formula is C27H36ClN3O4S. The average Bonchev–Trinajstić information content (AvgIpc) is 3.65. The Morgan fingerprint density at radius 2 is 1.61 bits per heavy atom. The van der Waals surface area contributed by atoms with E-state index in [1.165, 1.54) is 0 Å². The molecule has 2 aromatic rings.